The number of hydrogen-bond donors (Lipinski definition) is 0. The molecule has 0 saturated carbocycles. The standard InChI is InChI=1S/C15H16O5S/c16-15(20-9-3-4-10-21(17,18)19)14-8-7-12-5-1-2-6-13(12)11-14/h1-2,5-8,11H,3-4,9-10H2,(H,17,18,19)/p-1. The van der Waals surface area contributed by atoms with Gasteiger partial charge in [-0.2, -0.15) is 0 Å². The first kappa shape index (κ1) is 15.5. The molecule has 0 aliphatic rings. The van der Waals surface area contributed by atoms with Crippen LogP contribution < -0.4 is 0 Å². The molecule has 2 aromatic rings. The van der Waals surface area contributed by atoms with Gasteiger partial charge in [-0.15, -0.1) is 0 Å². The van der Waals surface area contributed by atoms with Crippen LogP contribution in [0.25, 0.3) is 10.8 Å². The van der Waals surface area contributed by atoms with E-state index >= 15 is 0 Å². The van der Waals surface area contributed by atoms with E-state index in [1.807, 2.05) is 30.3 Å². The predicted octanol–water partition coefficient (Wildman–Crippen LogP) is 2.32. The second-order valence-corrected chi connectivity index (χ2v) is 6.19. The Bertz CT molecular complexity index is 737. The highest BCUT2D eigenvalue weighted by atomic mass is 32.2. The number of hydrogen-bond acceptors (Lipinski definition) is 5. The van der Waals surface area contributed by atoms with Crippen LogP contribution in [0.3, 0.4) is 0 Å². The van der Waals surface area contributed by atoms with Crippen LogP contribution >= 0.6 is 0 Å². The van der Waals surface area contributed by atoms with Crippen LogP contribution in [-0.4, -0.2) is 31.3 Å². The monoisotopic (exact) mass is 307 g/mol. The van der Waals surface area contributed by atoms with Crippen molar-refractivity contribution in [3.05, 3.63) is 48.0 Å². The molecular formula is C15H15O5S-. The first-order chi connectivity index (χ1) is 9.96. The van der Waals surface area contributed by atoms with Crippen LogP contribution in [0.5, 0.6) is 0 Å². The van der Waals surface area contributed by atoms with E-state index in [1.54, 1.807) is 12.1 Å². The summed E-state index contributed by atoms with van der Waals surface area (Å²) in [6.07, 6.45) is 0.539. The fourth-order valence-corrected chi connectivity index (χ4v) is 2.50. The third-order valence-electron chi connectivity index (χ3n) is 3.01. The Morgan fingerprint density at radius 3 is 2.48 bits per heavy atom. The fraction of sp³-hybridized carbons (Fsp3) is 0.267. The van der Waals surface area contributed by atoms with Crippen molar-refractivity contribution in [2.75, 3.05) is 12.4 Å². The third-order valence-corrected chi connectivity index (χ3v) is 3.80. The van der Waals surface area contributed by atoms with Gasteiger partial charge in [0.25, 0.3) is 0 Å². The fourth-order valence-electron chi connectivity index (χ4n) is 1.95. The minimum Gasteiger partial charge on any atom is -0.748 e. The minimum absolute atomic E-state index is 0.0984. The normalized spacial score (nSPS) is 11.5. The maximum Gasteiger partial charge on any atom is 0.338 e. The number of esters is 1. The average molecular weight is 307 g/mol. The Labute approximate surface area is 123 Å². The molecule has 0 unspecified atom stereocenters. The van der Waals surface area contributed by atoms with Crippen molar-refractivity contribution in [3.63, 3.8) is 0 Å². The molecule has 6 heteroatoms. The Morgan fingerprint density at radius 1 is 1.05 bits per heavy atom. The van der Waals surface area contributed by atoms with Crippen molar-refractivity contribution in [2.45, 2.75) is 12.8 Å². The van der Waals surface area contributed by atoms with Gasteiger partial charge < -0.3 is 9.29 Å². The van der Waals surface area contributed by atoms with E-state index in [2.05, 4.69) is 0 Å². The molecule has 0 aliphatic heterocycles. The third kappa shape index (κ3) is 4.84. The number of rotatable bonds is 6. The van der Waals surface area contributed by atoms with Gasteiger partial charge in [-0.3, -0.25) is 0 Å². The number of ether oxygens (including phenoxy) is 1. The van der Waals surface area contributed by atoms with Crippen molar-refractivity contribution in [1.29, 1.82) is 0 Å². The van der Waals surface area contributed by atoms with Crippen LogP contribution in [0.15, 0.2) is 42.5 Å². The van der Waals surface area contributed by atoms with Gasteiger partial charge in [0.2, 0.25) is 0 Å². The van der Waals surface area contributed by atoms with Crippen LogP contribution in [0, 0.1) is 0 Å². The Morgan fingerprint density at radius 2 is 1.76 bits per heavy atom. The number of carbonyl (C=O) groups excluding carboxylic acids is 1. The van der Waals surface area contributed by atoms with E-state index in [0.29, 0.717) is 12.0 Å². The van der Waals surface area contributed by atoms with Crippen molar-refractivity contribution in [1.82, 2.24) is 0 Å². The Kier molecular flexibility index (Phi) is 4.93. The largest absolute Gasteiger partial charge is 0.748 e. The molecule has 0 saturated heterocycles. The molecule has 0 atom stereocenters. The Balaban J connectivity index is 1.87. The summed E-state index contributed by atoms with van der Waals surface area (Å²) in [5, 5.41) is 1.99. The molecule has 2 rings (SSSR count). The highest BCUT2D eigenvalue weighted by Gasteiger charge is 2.07. The summed E-state index contributed by atoms with van der Waals surface area (Å²) in [5.41, 5.74) is 0.449. The number of benzene rings is 2. The summed E-state index contributed by atoms with van der Waals surface area (Å²) < 4.78 is 36.3. The lowest BCUT2D eigenvalue weighted by Gasteiger charge is -2.07. The number of fused-ring (bicyclic) bond motifs is 1. The summed E-state index contributed by atoms with van der Waals surface area (Å²) >= 11 is 0. The Hall–Kier alpha value is -1.92. The van der Waals surface area contributed by atoms with E-state index in [0.717, 1.165) is 10.8 Å². The van der Waals surface area contributed by atoms with Crippen LogP contribution in [-0.2, 0) is 14.9 Å². The molecular weight excluding hydrogens is 292 g/mol. The summed E-state index contributed by atoms with van der Waals surface area (Å²) in [6, 6.07) is 13.0. The first-order valence-electron chi connectivity index (χ1n) is 6.55. The van der Waals surface area contributed by atoms with Gasteiger partial charge in [-0.25, -0.2) is 13.2 Å². The smallest absolute Gasteiger partial charge is 0.338 e. The molecule has 2 aromatic carbocycles. The molecule has 0 bridgehead atoms. The van der Waals surface area contributed by atoms with Gasteiger partial charge in [0.15, 0.2) is 0 Å². The number of carbonyl (C=O) groups is 1. The van der Waals surface area contributed by atoms with E-state index in [9.17, 15) is 17.8 Å². The van der Waals surface area contributed by atoms with Crippen molar-refractivity contribution >= 4 is 26.9 Å². The van der Waals surface area contributed by atoms with Gasteiger partial charge in [-0.1, -0.05) is 30.3 Å². The molecule has 0 N–H and O–H groups in total. The lowest BCUT2D eigenvalue weighted by molar-refractivity contribution is 0.0500. The molecule has 0 spiro atoms. The maximum atomic E-state index is 11.8. The van der Waals surface area contributed by atoms with E-state index < -0.39 is 21.8 Å². The molecule has 5 nitrogen and oxygen atoms in total. The van der Waals surface area contributed by atoms with E-state index in [-0.39, 0.29) is 13.0 Å². The van der Waals surface area contributed by atoms with Crippen LogP contribution in [0.1, 0.15) is 23.2 Å². The highest BCUT2D eigenvalue weighted by Crippen LogP contribution is 2.16. The van der Waals surface area contributed by atoms with Crippen molar-refractivity contribution in [3.8, 4) is 0 Å². The number of unbranched alkanes of at least 4 members (excludes halogenated alkanes) is 1. The van der Waals surface area contributed by atoms with E-state index in [1.165, 1.54) is 0 Å². The second-order valence-electron chi connectivity index (χ2n) is 4.67. The average Bonchev–Trinajstić information content (AvgIpc) is 2.45. The zero-order valence-corrected chi connectivity index (χ0v) is 12.1. The molecule has 0 radical (unpaired) electrons. The van der Waals surface area contributed by atoms with E-state index in [4.69, 9.17) is 4.74 Å². The van der Waals surface area contributed by atoms with Gasteiger partial charge in [0.05, 0.1) is 22.3 Å². The van der Waals surface area contributed by atoms with Crippen molar-refractivity contribution in [2.24, 2.45) is 0 Å². The summed E-state index contributed by atoms with van der Waals surface area (Å²) in [6.45, 7) is 0.0984. The highest BCUT2D eigenvalue weighted by molar-refractivity contribution is 7.85. The minimum atomic E-state index is -4.19. The predicted molar refractivity (Wildman–Crippen MR) is 78.0 cm³/mol. The first-order valence-corrected chi connectivity index (χ1v) is 8.13. The zero-order valence-electron chi connectivity index (χ0n) is 11.3. The SMILES string of the molecule is O=C(OCCCCS(=O)(=O)[O-])c1ccc2ccccc2c1. The lowest BCUT2D eigenvalue weighted by atomic mass is 10.1. The molecule has 0 aromatic heterocycles. The van der Waals surface area contributed by atoms with Gasteiger partial charge in [-0.05, 0) is 35.7 Å². The van der Waals surface area contributed by atoms with Gasteiger partial charge >= 0.3 is 5.97 Å². The quantitative estimate of drug-likeness (QED) is 0.464. The topological polar surface area (TPSA) is 83.5 Å². The summed E-state index contributed by atoms with van der Waals surface area (Å²) in [5.74, 6) is -0.883. The zero-order chi connectivity index (χ0) is 15.3. The van der Waals surface area contributed by atoms with Crippen LogP contribution in [0.4, 0.5) is 0 Å². The summed E-state index contributed by atoms with van der Waals surface area (Å²) in [4.78, 5) is 11.8. The van der Waals surface area contributed by atoms with Gasteiger partial charge in [0, 0.05) is 5.75 Å². The van der Waals surface area contributed by atoms with Crippen molar-refractivity contribution < 1.29 is 22.5 Å². The molecule has 112 valence electrons. The van der Waals surface area contributed by atoms with Crippen LogP contribution in [0.2, 0.25) is 0 Å². The lowest BCUT2D eigenvalue weighted by Crippen LogP contribution is -2.09. The maximum absolute atomic E-state index is 11.8. The molecule has 0 heterocycles. The molecule has 0 fully saturated rings. The molecule has 0 amide bonds. The molecule has 21 heavy (non-hydrogen) atoms. The second kappa shape index (κ2) is 6.69. The molecule has 0 aliphatic carbocycles. The van der Waals surface area contributed by atoms with Gasteiger partial charge in [0.1, 0.15) is 0 Å². The summed E-state index contributed by atoms with van der Waals surface area (Å²) in [7, 11) is -4.19.